The number of rotatable bonds is 11. The SMILES string of the molecule is CCCC1=C(C(=O)OCC)[C@@H](c2ccc(C(C)C)cc2)n2c(s/c(=C\c3ccccc3OCc3ccc(C(=O)O)cc3)c2=O)=N1. The predicted molar refractivity (Wildman–Crippen MR) is 174 cm³/mol. The van der Waals surface area contributed by atoms with Gasteiger partial charge in [0, 0.05) is 5.56 Å². The molecule has 0 amide bonds. The summed E-state index contributed by atoms with van der Waals surface area (Å²) in [6, 6.07) is 21.3. The lowest BCUT2D eigenvalue weighted by Gasteiger charge is -2.26. The number of para-hydroxylation sites is 1. The number of thiazole rings is 1. The van der Waals surface area contributed by atoms with Crippen LogP contribution in [-0.4, -0.2) is 28.2 Å². The van der Waals surface area contributed by atoms with Gasteiger partial charge in [0.25, 0.3) is 5.56 Å². The van der Waals surface area contributed by atoms with E-state index in [4.69, 9.17) is 19.6 Å². The number of carboxylic acids is 1. The average Bonchev–Trinajstić information content (AvgIpc) is 3.34. The molecule has 9 heteroatoms. The molecule has 232 valence electrons. The van der Waals surface area contributed by atoms with Gasteiger partial charge in [-0.3, -0.25) is 9.36 Å². The lowest BCUT2D eigenvalue weighted by Crippen LogP contribution is -2.40. The summed E-state index contributed by atoms with van der Waals surface area (Å²) < 4.78 is 13.7. The molecule has 2 heterocycles. The van der Waals surface area contributed by atoms with E-state index in [1.165, 1.54) is 23.5 Å². The molecule has 5 rings (SSSR count). The second-order valence-electron chi connectivity index (χ2n) is 11.1. The fraction of sp³-hybridized carbons (Fsp3) is 0.278. The number of carboxylic acid groups (broad SMARTS) is 1. The third-order valence-corrected chi connectivity index (χ3v) is 8.59. The Morgan fingerprint density at radius 3 is 2.38 bits per heavy atom. The predicted octanol–water partition coefficient (Wildman–Crippen LogP) is 5.98. The summed E-state index contributed by atoms with van der Waals surface area (Å²) in [4.78, 5) is 44.2. The zero-order chi connectivity index (χ0) is 32.1. The standard InChI is InChI=1S/C36H36N2O6S/c1-5-9-28-31(35(42)43-6-2)32(25-18-16-24(17-19-25)22(3)4)38-33(39)30(45-36(38)37-28)20-27-10-7-8-11-29(27)44-21-23-12-14-26(15-13-23)34(40)41/h7-8,10-20,22,32H,5-6,9,21H2,1-4H3,(H,40,41)/b30-20-/t32-/m1/s1. The van der Waals surface area contributed by atoms with Crippen LogP contribution in [0.15, 0.2) is 93.9 Å². The van der Waals surface area contributed by atoms with E-state index in [0.29, 0.717) is 44.3 Å². The van der Waals surface area contributed by atoms with Crippen LogP contribution in [-0.2, 0) is 16.1 Å². The molecule has 1 aromatic heterocycles. The summed E-state index contributed by atoms with van der Waals surface area (Å²) in [6.45, 7) is 8.48. The van der Waals surface area contributed by atoms with Crippen LogP contribution in [0.2, 0.25) is 0 Å². The van der Waals surface area contributed by atoms with Gasteiger partial charge in [0.05, 0.1) is 34.0 Å². The average molecular weight is 625 g/mol. The molecule has 1 N–H and O–H groups in total. The summed E-state index contributed by atoms with van der Waals surface area (Å²) in [5, 5.41) is 9.17. The number of ether oxygens (including phenoxy) is 2. The summed E-state index contributed by atoms with van der Waals surface area (Å²) in [5.41, 5.74) is 4.48. The van der Waals surface area contributed by atoms with E-state index in [-0.39, 0.29) is 24.3 Å². The van der Waals surface area contributed by atoms with E-state index in [1.54, 1.807) is 29.7 Å². The molecule has 0 aliphatic carbocycles. The monoisotopic (exact) mass is 624 g/mol. The number of hydrogen-bond donors (Lipinski definition) is 1. The Bertz CT molecular complexity index is 1920. The topological polar surface area (TPSA) is 107 Å². The van der Waals surface area contributed by atoms with Crippen LogP contribution < -0.4 is 19.6 Å². The quantitative estimate of drug-likeness (QED) is 0.206. The molecule has 3 aromatic carbocycles. The van der Waals surface area contributed by atoms with Gasteiger partial charge in [0.15, 0.2) is 4.80 Å². The number of carbonyl (C=O) groups excluding carboxylic acids is 1. The molecule has 0 bridgehead atoms. The van der Waals surface area contributed by atoms with Crippen molar-refractivity contribution in [1.82, 2.24) is 4.57 Å². The van der Waals surface area contributed by atoms with Gasteiger partial charge in [0.1, 0.15) is 12.4 Å². The number of aromatic carboxylic acids is 1. The summed E-state index contributed by atoms with van der Waals surface area (Å²) in [5.74, 6) is -0.541. The third-order valence-electron chi connectivity index (χ3n) is 7.61. The first-order valence-corrected chi connectivity index (χ1v) is 15.9. The second-order valence-corrected chi connectivity index (χ2v) is 12.1. The molecular formula is C36H36N2O6S. The minimum Gasteiger partial charge on any atom is -0.488 e. The van der Waals surface area contributed by atoms with E-state index in [9.17, 15) is 14.4 Å². The molecule has 0 saturated heterocycles. The van der Waals surface area contributed by atoms with Gasteiger partial charge in [-0.1, -0.05) is 93.1 Å². The highest BCUT2D eigenvalue weighted by Crippen LogP contribution is 2.33. The maximum Gasteiger partial charge on any atom is 0.338 e. The van der Waals surface area contributed by atoms with Crippen molar-refractivity contribution in [2.24, 2.45) is 4.99 Å². The molecule has 1 aliphatic heterocycles. The normalized spacial score (nSPS) is 14.7. The van der Waals surface area contributed by atoms with Gasteiger partial charge >= 0.3 is 11.9 Å². The Hall–Kier alpha value is -4.76. The Labute approximate surface area is 265 Å². The van der Waals surface area contributed by atoms with Crippen molar-refractivity contribution < 1.29 is 24.2 Å². The molecule has 0 fully saturated rings. The van der Waals surface area contributed by atoms with Gasteiger partial charge in [0.2, 0.25) is 0 Å². The van der Waals surface area contributed by atoms with Crippen molar-refractivity contribution in [1.29, 1.82) is 0 Å². The van der Waals surface area contributed by atoms with Crippen LogP contribution in [0.5, 0.6) is 5.75 Å². The van der Waals surface area contributed by atoms with E-state index < -0.39 is 18.0 Å². The van der Waals surface area contributed by atoms with Crippen molar-refractivity contribution in [3.63, 3.8) is 0 Å². The van der Waals surface area contributed by atoms with Gasteiger partial charge in [-0.2, -0.15) is 0 Å². The largest absolute Gasteiger partial charge is 0.488 e. The number of carbonyl (C=O) groups is 2. The van der Waals surface area contributed by atoms with Gasteiger partial charge < -0.3 is 14.6 Å². The van der Waals surface area contributed by atoms with Gasteiger partial charge in [-0.25, -0.2) is 14.6 Å². The Morgan fingerprint density at radius 2 is 1.73 bits per heavy atom. The summed E-state index contributed by atoms with van der Waals surface area (Å²) in [6.07, 6.45) is 3.14. The minimum atomic E-state index is -0.986. The first kappa shape index (κ1) is 31.7. The number of allylic oxidation sites excluding steroid dienone is 1. The van der Waals surface area contributed by atoms with Crippen molar-refractivity contribution >= 4 is 29.4 Å². The lowest BCUT2D eigenvalue weighted by molar-refractivity contribution is -0.139. The van der Waals surface area contributed by atoms with Crippen LogP contribution >= 0.6 is 11.3 Å². The smallest absolute Gasteiger partial charge is 0.338 e. The number of hydrogen-bond acceptors (Lipinski definition) is 7. The van der Waals surface area contributed by atoms with E-state index >= 15 is 0 Å². The maximum absolute atomic E-state index is 14.2. The molecule has 1 atom stereocenters. The van der Waals surface area contributed by atoms with Crippen molar-refractivity contribution in [2.45, 2.75) is 59.1 Å². The zero-order valence-corrected chi connectivity index (χ0v) is 26.6. The molecule has 8 nitrogen and oxygen atoms in total. The van der Waals surface area contributed by atoms with E-state index in [1.807, 2.05) is 55.5 Å². The molecule has 45 heavy (non-hydrogen) atoms. The van der Waals surface area contributed by atoms with Crippen LogP contribution in [0.3, 0.4) is 0 Å². The van der Waals surface area contributed by atoms with Crippen molar-refractivity contribution in [2.75, 3.05) is 6.61 Å². The second kappa shape index (κ2) is 13.9. The fourth-order valence-corrected chi connectivity index (χ4v) is 6.29. The fourth-order valence-electron chi connectivity index (χ4n) is 5.28. The Kier molecular flexibility index (Phi) is 9.78. The van der Waals surface area contributed by atoms with Gasteiger partial charge in [-0.05, 0) is 60.2 Å². The Balaban J connectivity index is 1.59. The lowest BCUT2D eigenvalue weighted by atomic mass is 9.92. The number of benzene rings is 3. The van der Waals surface area contributed by atoms with Crippen molar-refractivity contribution in [3.05, 3.63) is 132 Å². The number of fused-ring (bicyclic) bond motifs is 1. The Morgan fingerprint density at radius 1 is 1.02 bits per heavy atom. The number of esters is 1. The summed E-state index contributed by atoms with van der Waals surface area (Å²) in [7, 11) is 0. The molecule has 1 aliphatic rings. The molecular weight excluding hydrogens is 588 g/mol. The van der Waals surface area contributed by atoms with Crippen LogP contribution in [0.25, 0.3) is 6.08 Å². The van der Waals surface area contributed by atoms with E-state index in [2.05, 4.69) is 13.8 Å². The molecule has 0 saturated carbocycles. The third kappa shape index (κ3) is 6.83. The first-order chi connectivity index (χ1) is 21.7. The number of nitrogens with zero attached hydrogens (tertiary/aromatic N) is 2. The van der Waals surface area contributed by atoms with Crippen LogP contribution in [0.1, 0.15) is 85.1 Å². The molecule has 0 spiro atoms. The zero-order valence-electron chi connectivity index (χ0n) is 25.8. The minimum absolute atomic E-state index is 0.205. The molecule has 0 unspecified atom stereocenters. The van der Waals surface area contributed by atoms with Crippen LogP contribution in [0, 0.1) is 0 Å². The number of aromatic nitrogens is 1. The van der Waals surface area contributed by atoms with Crippen molar-refractivity contribution in [3.8, 4) is 5.75 Å². The van der Waals surface area contributed by atoms with E-state index in [0.717, 1.165) is 23.1 Å². The molecule has 0 radical (unpaired) electrons. The van der Waals surface area contributed by atoms with Crippen LogP contribution in [0.4, 0.5) is 0 Å². The maximum atomic E-state index is 14.2. The highest BCUT2D eigenvalue weighted by molar-refractivity contribution is 7.07. The van der Waals surface area contributed by atoms with Gasteiger partial charge in [-0.15, -0.1) is 0 Å². The highest BCUT2D eigenvalue weighted by Gasteiger charge is 2.34. The molecule has 4 aromatic rings. The first-order valence-electron chi connectivity index (χ1n) is 15.1. The summed E-state index contributed by atoms with van der Waals surface area (Å²) >= 11 is 1.28. The highest BCUT2D eigenvalue weighted by atomic mass is 32.1.